The molecule has 0 aliphatic carbocycles. The largest absolute Gasteiger partial charge is 0.464 e. The first-order valence-corrected chi connectivity index (χ1v) is 25.7. The van der Waals surface area contributed by atoms with Crippen molar-refractivity contribution in [2.24, 2.45) is 17.3 Å². The number of rotatable bonds is 11. The zero-order chi connectivity index (χ0) is 50.0. The van der Waals surface area contributed by atoms with Crippen LogP contribution < -0.4 is 16.1 Å². The van der Waals surface area contributed by atoms with Crippen molar-refractivity contribution in [1.29, 1.82) is 0 Å². The molecule has 2 fully saturated rings. The second-order valence-electron chi connectivity index (χ2n) is 20.3. The van der Waals surface area contributed by atoms with Crippen LogP contribution in [-0.2, 0) is 52.8 Å². The molecule has 8 rings (SSSR count). The average molecular weight is 976 g/mol. The van der Waals surface area contributed by atoms with Gasteiger partial charge in [-0.3, -0.25) is 34.0 Å². The molecule has 0 unspecified atom stereocenters. The van der Waals surface area contributed by atoms with Gasteiger partial charge in [0.15, 0.2) is 0 Å². The molecule has 0 saturated carbocycles. The lowest BCUT2D eigenvalue weighted by Gasteiger charge is -2.36. The number of hydrogen-bond acceptors (Lipinski definition) is 12. The van der Waals surface area contributed by atoms with E-state index in [1.165, 1.54) is 32.9 Å². The standard InChI is InChI=1S/C53H69N9O7S/c1-10-45(63)60-22-18-35(28-60)50(65)59(8)47(31(3)4)49(64)57-41-25-44-56-42(29-70-44)34-14-15-43-37(23-34)39(26-53(6,7)30-69-52(67)40-13-12-21-62(58-40)51(41)66)48(61(43)11-2)38-24-36(33-16-19-54-20-17-33)27-55-46(38)32(5)68-9/h10,14-16,23-24,27,29,31-32,35,40-41,47,54,58H,1,11-13,17-22,25-26,28,30H2,2-9H3,(H,57,64)/t32-,35-,40-,41-,47-/m0/s1. The number of nitrogens with zero attached hydrogens (tertiary/aromatic N) is 6. The number of carbonyl (C=O) groups is 5. The van der Waals surface area contributed by atoms with Crippen LogP contribution in [0.25, 0.3) is 39.0 Å². The molecule has 4 aliphatic heterocycles. The summed E-state index contributed by atoms with van der Waals surface area (Å²) in [6.07, 6.45) is 8.16. The van der Waals surface area contributed by atoms with Gasteiger partial charge in [0.05, 0.1) is 40.7 Å². The summed E-state index contributed by atoms with van der Waals surface area (Å²) in [7, 11) is 3.31. The van der Waals surface area contributed by atoms with Crippen LogP contribution in [-0.4, -0.2) is 131 Å². The molecule has 6 bridgehead atoms. The Kier molecular flexibility index (Phi) is 15.4. The number of fused-ring (bicyclic) bond motifs is 6. The van der Waals surface area contributed by atoms with E-state index in [-0.39, 0.29) is 43.4 Å². The third-order valence-corrected chi connectivity index (χ3v) is 15.2. The number of thiazole rings is 1. The summed E-state index contributed by atoms with van der Waals surface area (Å²) in [5.41, 5.74) is 11.6. The highest BCUT2D eigenvalue weighted by Gasteiger charge is 2.40. The van der Waals surface area contributed by atoms with Gasteiger partial charge in [-0.15, -0.1) is 11.3 Å². The van der Waals surface area contributed by atoms with Crippen LogP contribution in [0, 0.1) is 17.3 Å². The van der Waals surface area contributed by atoms with Crippen molar-refractivity contribution in [3.05, 3.63) is 76.4 Å². The predicted molar refractivity (Wildman–Crippen MR) is 271 cm³/mol. The SMILES string of the molecule is C=CC(=O)N1CC[C@H](C(=O)N(C)[C@H](C(=O)N[C@H]2Cc3nc(cs3)-c3ccc4c(c3)c(c(-c3cc(C5=CCNCC5)cnc3[C@H](C)OC)n4CC)CC(C)(C)COC(=O)[C@@H]3CCCN(N3)C2=O)C(C)C)C1. The van der Waals surface area contributed by atoms with Crippen LogP contribution in [0.15, 0.2) is 54.6 Å². The van der Waals surface area contributed by atoms with Gasteiger partial charge in [0.1, 0.15) is 18.1 Å². The Morgan fingerprint density at radius 3 is 2.64 bits per heavy atom. The number of pyridine rings is 1. The third-order valence-electron chi connectivity index (χ3n) is 14.4. The first kappa shape index (κ1) is 50.6. The van der Waals surface area contributed by atoms with Crippen molar-refractivity contribution in [3.63, 3.8) is 0 Å². The Hall–Kier alpha value is -5.75. The van der Waals surface area contributed by atoms with Crippen molar-refractivity contribution in [1.82, 2.24) is 45.4 Å². The highest BCUT2D eigenvalue weighted by Crippen LogP contribution is 2.43. The highest BCUT2D eigenvalue weighted by molar-refractivity contribution is 7.10. The molecule has 16 nitrogen and oxygen atoms in total. The smallest absolute Gasteiger partial charge is 0.324 e. The average Bonchev–Trinajstić information content (AvgIpc) is 4.12. The Morgan fingerprint density at radius 2 is 1.93 bits per heavy atom. The number of hydrazine groups is 1. The van der Waals surface area contributed by atoms with Crippen molar-refractivity contribution in [3.8, 4) is 22.5 Å². The number of methoxy groups -OCH3 is 1. The van der Waals surface area contributed by atoms with Gasteiger partial charge in [-0.05, 0) is 99.4 Å². The first-order valence-electron chi connectivity index (χ1n) is 24.8. The number of amides is 4. The Morgan fingerprint density at radius 1 is 1.13 bits per heavy atom. The summed E-state index contributed by atoms with van der Waals surface area (Å²) in [6, 6.07) is 5.89. The number of aryl methyl sites for hydroxylation is 1. The number of carbonyl (C=O) groups excluding carboxylic acids is 5. The summed E-state index contributed by atoms with van der Waals surface area (Å²) in [6.45, 7) is 19.2. The normalized spacial score (nSPS) is 21.7. The summed E-state index contributed by atoms with van der Waals surface area (Å²) < 4.78 is 14.5. The van der Waals surface area contributed by atoms with Gasteiger partial charge in [0.2, 0.25) is 17.7 Å². The van der Waals surface area contributed by atoms with E-state index in [1.807, 2.05) is 32.3 Å². The Labute approximate surface area is 415 Å². The van der Waals surface area contributed by atoms with Gasteiger partial charge >= 0.3 is 5.97 Å². The predicted octanol–water partition coefficient (Wildman–Crippen LogP) is 6.10. The number of likely N-dealkylation sites (N-methyl/N-ethyl adjacent to an activating group) is 1. The second-order valence-corrected chi connectivity index (χ2v) is 21.2. The fraction of sp³-hybridized carbons (Fsp3) is 0.528. The minimum Gasteiger partial charge on any atom is -0.464 e. The van der Waals surface area contributed by atoms with Crippen molar-refractivity contribution in [2.45, 2.75) is 111 Å². The number of nitrogens with one attached hydrogen (secondary N) is 3. The van der Waals surface area contributed by atoms with E-state index in [4.69, 9.17) is 19.4 Å². The van der Waals surface area contributed by atoms with Gasteiger partial charge in [-0.1, -0.05) is 46.4 Å². The minimum atomic E-state index is -1.09. The summed E-state index contributed by atoms with van der Waals surface area (Å²) in [5.74, 6) is -2.64. The number of likely N-dealkylation sites (tertiary alicyclic amines) is 1. The molecule has 3 aromatic heterocycles. The van der Waals surface area contributed by atoms with E-state index >= 15 is 0 Å². The van der Waals surface area contributed by atoms with Crippen molar-refractivity contribution in [2.75, 3.05) is 53.5 Å². The van der Waals surface area contributed by atoms with Gasteiger partial charge in [-0.2, -0.15) is 0 Å². The van der Waals surface area contributed by atoms with E-state index in [0.29, 0.717) is 50.3 Å². The molecule has 4 aromatic rings. The third kappa shape index (κ3) is 10.5. The molecule has 7 heterocycles. The number of hydrogen-bond donors (Lipinski definition) is 3. The molecule has 2 saturated heterocycles. The number of benzene rings is 1. The van der Waals surface area contributed by atoms with Gasteiger partial charge in [0, 0.05) is 92.3 Å². The molecule has 1 aromatic carbocycles. The van der Waals surface area contributed by atoms with Crippen LogP contribution in [0.1, 0.15) is 95.2 Å². The van der Waals surface area contributed by atoms with E-state index in [2.05, 4.69) is 78.3 Å². The zero-order valence-electron chi connectivity index (χ0n) is 41.9. The van der Waals surface area contributed by atoms with E-state index in [9.17, 15) is 24.0 Å². The summed E-state index contributed by atoms with van der Waals surface area (Å²) in [5, 5.41) is 11.6. The van der Waals surface area contributed by atoms with E-state index < -0.39 is 47.2 Å². The van der Waals surface area contributed by atoms with Gasteiger partial charge in [0.25, 0.3) is 5.91 Å². The number of aromatic nitrogens is 3. The maximum absolute atomic E-state index is 14.7. The number of ether oxygens (including phenoxy) is 2. The topological polar surface area (TPSA) is 180 Å². The zero-order valence-corrected chi connectivity index (χ0v) is 42.7. The van der Waals surface area contributed by atoms with Crippen LogP contribution >= 0.6 is 11.3 Å². The molecule has 70 heavy (non-hydrogen) atoms. The van der Waals surface area contributed by atoms with Crippen LogP contribution in [0.5, 0.6) is 0 Å². The highest BCUT2D eigenvalue weighted by atomic mass is 32.1. The second kappa shape index (κ2) is 21.3. The monoisotopic (exact) mass is 976 g/mol. The van der Waals surface area contributed by atoms with Crippen LogP contribution in [0.3, 0.4) is 0 Å². The van der Waals surface area contributed by atoms with E-state index in [0.717, 1.165) is 69.7 Å². The summed E-state index contributed by atoms with van der Waals surface area (Å²) in [4.78, 5) is 82.8. The van der Waals surface area contributed by atoms with Crippen LogP contribution in [0.2, 0.25) is 0 Å². The lowest BCUT2D eigenvalue weighted by molar-refractivity contribution is -0.155. The molecule has 4 amide bonds. The molecular weight excluding hydrogens is 907 g/mol. The lowest BCUT2D eigenvalue weighted by Crippen LogP contribution is -2.62. The first-order chi connectivity index (χ1) is 33.5. The fourth-order valence-corrected chi connectivity index (χ4v) is 11.4. The molecule has 4 aliphatic rings. The molecule has 5 atom stereocenters. The summed E-state index contributed by atoms with van der Waals surface area (Å²) >= 11 is 1.41. The molecule has 0 radical (unpaired) electrons. The molecule has 0 spiro atoms. The Balaban J connectivity index is 1.19. The van der Waals surface area contributed by atoms with E-state index in [1.54, 1.807) is 19.1 Å². The molecule has 374 valence electrons. The van der Waals surface area contributed by atoms with Gasteiger partial charge in [-0.25, -0.2) is 10.4 Å². The van der Waals surface area contributed by atoms with Crippen LogP contribution in [0.4, 0.5) is 0 Å². The fourth-order valence-electron chi connectivity index (χ4n) is 10.6. The number of esters is 1. The lowest BCUT2D eigenvalue weighted by atomic mass is 9.84. The maximum atomic E-state index is 14.7. The Bertz CT molecular complexity index is 2690. The molecule has 17 heteroatoms. The number of cyclic esters (lactones) is 1. The van der Waals surface area contributed by atoms with Crippen molar-refractivity contribution < 1.29 is 33.4 Å². The molecule has 3 N–H and O–H groups in total. The van der Waals surface area contributed by atoms with Crippen molar-refractivity contribution >= 4 is 57.4 Å². The quantitative estimate of drug-likeness (QED) is 0.117. The molecular formula is C53H69N9O7S. The minimum absolute atomic E-state index is 0.0700. The van der Waals surface area contributed by atoms with Gasteiger partial charge < -0.3 is 34.5 Å². The maximum Gasteiger partial charge on any atom is 0.324 e.